The van der Waals surface area contributed by atoms with Gasteiger partial charge in [-0.15, -0.1) is 0 Å². The number of benzene rings is 1. The molecule has 0 aliphatic heterocycles. The number of halogens is 2. The van der Waals surface area contributed by atoms with Crippen molar-refractivity contribution in [1.82, 2.24) is 4.98 Å². The van der Waals surface area contributed by atoms with Crippen molar-refractivity contribution >= 4 is 50.1 Å². The van der Waals surface area contributed by atoms with Crippen molar-refractivity contribution in [1.29, 1.82) is 0 Å². The lowest BCUT2D eigenvalue weighted by Crippen LogP contribution is -2.11. The highest BCUT2D eigenvalue weighted by atomic mass is 79.9. The molecule has 3 aromatic rings. The van der Waals surface area contributed by atoms with Crippen LogP contribution in [0.4, 0.5) is 5.69 Å². The van der Waals surface area contributed by atoms with Crippen molar-refractivity contribution in [3.05, 3.63) is 58.0 Å². The van der Waals surface area contributed by atoms with Crippen molar-refractivity contribution in [3.63, 3.8) is 0 Å². The van der Waals surface area contributed by atoms with E-state index >= 15 is 0 Å². The van der Waals surface area contributed by atoms with E-state index < -0.39 is 0 Å². The van der Waals surface area contributed by atoms with Gasteiger partial charge in [0, 0.05) is 5.39 Å². The maximum absolute atomic E-state index is 12.2. The lowest BCUT2D eigenvalue weighted by Gasteiger charge is -2.04. The molecule has 2 heterocycles. The van der Waals surface area contributed by atoms with E-state index in [0.29, 0.717) is 26.5 Å². The number of fused-ring (bicyclic) bond motifs is 1. The number of rotatable bonds is 2. The summed E-state index contributed by atoms with van der Waals surface area (Å²) in [4.78, 5) is 16.2. The van der Waals surface area contributed by atoms with Gasteiger partial charge in [0.15, 0.2) is 0 Å². The molecule has 0 unspecified atom stereocenters. The van der Waals surface area contributed by atoms with E-state index in [1.165, 1.54) is 12.5 Å². The molecular weight excluding hydrogens is 344 g/mol. The Hall–Kier alpha value is -1.85. The normalized spacial score (nSPS) is 10.7. The van der Waals surface area contributed by atoms with Gasteiger partial charge >= 0.3 is 0 Å². The number of furan rings is 1. The fourth-order valence-electron chi connectivity index (χ4n) is 1.84. The van der Waals surface area contributed by atoms with E-state index in [1.807, 2.05) is 24.3 Å². The minimum atomic E-state index is -0.258. The Morgan fingerprint density at radius 2 is 2.15 bits per heavy atom. The number of pyridine rings is 1. The lowest BCUT2D eigenvalue weighted by molar-refractivity contribution is 0.102. The van der Waals surface area contributed by atoms with Gasteiger partial charge in [0.2, 0.25) is 0 Å². The van der Waals surface area contributed by atoms with Crippen molar-refractivity contribution in [3.8, 4) is 0 Å². The second kappa shape index (κ2) is 5.26. The summed E-state index contributed by atoms with van der Waals surface area (Å²) in [6.45, 7) is 0. The van der Waals surface area contributed by atoms with Gasteiger partial charge in [0.1, 0.15) is 17.0 Å². The number of nitrogens with zero attached hydrogens (tertiary/aromatic N) is 1. The molecule has 1 amide bonds. The molecule has 0 aliphatic carbocycles. The molecule has 0 fully saturated rings. The van der Waals surface area contributed by atoms with Crippen LogP contribution >= 0.6 is 27.5 Å². The van der Waals surface area contributed by atoms with E-state index in [-0.39, 0.29) is 5.91 Å². The minimum Gasteiger partial charge on any atom is -0.463 e. The van der Waals surface area contributed by atoms with Crippen LogP contribution in [0, 0.1) is 0 Å². The summed E-state index contributed by atoms with van der Waals surface area (Å²) in [6, 6.07) is 9.05. The topological polar surface area (TPSA) is 55.1 Å². The third kappa shape index (κ3) is 2.42. The van der Waals surface area contributed by atoms with Crippen molar-refractivity contribution in [2.75, 3.05) is 5.32 Å². The fourth-order valence-corrected chi connectivity index (χ4v) is 2.29. The van der Waals surface area contributed by atoms with Crippen LogP contribution in [0.2, 0.25) is 5.15 Å². The van der Waals surface area contributed by atoms with E-state index in [2.05, 4.69) is 26.2 Å². The van der Waals surface area contributed by atoms with Gasteiger partial charge < -0.3 is 9.73 Å². The Balaban J connectivity index is 1.91. The SMILES string of the molecule is O=C(Nc1cnc(Cl)c(Br)c1)c1coc2ccccc12. The first-order valence-electron chi connectivity index (χ1n) is 5.74. The molecule has 0 atom stereocenters. The number of amides is 1. The van der Waals surface area contributed by atoms with Crippen molar-refractivity contribution in [2.45, 2.75) is 0 Å². The van der Waals surface area contributed by atoms with Crippen LogP contribution in [0.3, 0.4) is 0 Å². The molecule has 1 N–H and O–H groups in total. The van der Waals surface area contributed by atoms with Gasteiger partial charge in [-0.2, -0.15) is 0 Å². The van der Waals surface area contributed by atoms with E-state index in [4.69, 9.17) is 16.0 Å². The predicted octanol–water partition coefficient (Wildman–Crippen LogP) is 4.50. The number of hydrogen-bond donors (Lipinski definition) is 1. The molecule has 3 rings (SSSR count). The molecule has 0 saturated heterocycles. The monoisotopic (exact) mass is 350 g/mol. The van der Waals surface area contributed by atoms with E-state index in [9.17, 15) is 4.79 Å². The Bertz CT molecular complexity index is 801. The summed E-state index contributed by atoms with van der Waals surface area (Å²) in [5.41, 5.74) is 1.70. The molecule has 0 bridgehead atoms. The first kappa shape index (κ1) is 13.1. The summed E-state index contributed by atoms with van der Waals surface area (Å²) in [7, 11) is 0. The number of para-hydroxylation sites is 1. The summed E-state index contributed by atoms with van der Waals surface area (Å²) in [5.74, 6) is -0.258. The number of nitrogens with one attached hydrogen (secondary N) is 1. The van der Waals surface area contributed by atoms with Crippen molar-refractivity contribution in [2.24, 2.45) is 0 Å². The Morgan fingerprint density at radius 3 is 2.95 bits per heavy atom. The molecule has 20 heavy (non-hydrogen) atoms. The largest absolute Gasteiger partial charge is 0.463 e. The third-order valence-electron chi connectivity index (χ3n) is 2.78. The molecular formula is C14H8BrClN2O2. The average Bonchev–Trinajstić information content (AvgIpc) is 2.87. The molecule has 6 heteroatoms. The lowest BCUT2D eigenvalue weighted by atomic mass is 10.1. The molecule has 1 aromatic carbocycles. The Morgan fingerprint density at radius 1 is 1.35 bits per heavy atom. The maximum atomic E-state index is 12.2. The molecule has 0 saturated carbocycles. The highest BCUT2D eigenvalue weighted by Crippen LogP contribution is 2.25. The van der Waals surface area contributed by atoms with Gasteiger partial charge in [0.05, 0.1) is 21.9 Å². The standard InChI is InChI=1S/C14H8BrClN2O2/c15-11-5-8(6-17-13(11)16)18-14(19)10-7-20-12-4-2-1-3-9(10)12/h1-7H,(H,18,19). The van der Waals surface area contributed by atoms with Crippen molar-refractivity contribution < 1.29 is 9.21 Å². The third-order valence-corrected chi connectivity index (χ3v) is 3.91. The van der Waals surface area contributed by atoms with Gasteiger partial charge in [0.25, 0.3) is 5.91 Å². The van der Waals surface area contributed by atoms with Crippen LogP contribution in [0.15, 0.2) is 51.7 Å². The summed E-state index contributed by atoms with van der Waals surface area (Å²) in [6.07, 6.45) is 2.94. The maximum Gasteiger partial charge on any atom is 0.259 e. The summed E-state index contributed by atoms with van der Waals surface area (Å²) < 4.78 is 5.96. The first-order chi connectivity index (χ1) is 9.65. The second-order valence-electron chi connectivity index (χ2n) is 4.10. The zero-order valence-corrected chi connectivity index (χ0v) is 12.4. The zero-order chi connectivity index (χ0) is 14.1. The van der Waals surface area contributed by atoms with Gasteiger partial charge in [-0.25, -0.2) is 4.98 Å². The molecule has 4 nitrogen and oxygen atoms in total. The van der Waals surface area contributed by atoms with Crippen LogP contribution in [0.25, 0.3) is 11.0 Å². The van der Waals surface area contributed by atoms with Crippen LogP contribution in [-0.2, 0) is 0 Å². The second-order valence-corrected chi connectivity index (χ2v) is 5.31. The predicted molar refractivity (Wildman–Crippen MR) is 81.1 cm³/mol. The van der Waals surface area contributed by atoms with Gasteiger partial charge in [-0.3, -0.25) is 4.79 Å². The summed E-state index contributed by atoms with van der Waals surface area (Å²) >= 11 is 9.07. The van der Waals surface area contributed by atoms with Gasteiger partial charge in [-0.05, 0) is 28.1 Å². The van der Waals surface area contributed by atoms with Crippen LogP contribution in [-0.4, -0.2) is 10.9 Å². The highest BCUT2D eigenvalue weighted by Gasteiger charge is 2.14. The fraction of sp³-hybridized carbons (Fsp3) is 0. The van der Waals surface area contributed by atoms with E-state index in [0.717, 1.165) is 5.39 Å². The van der Waals surface area contributed by atoms with Crippen LogP contribution in [0.5, 0.6) is 0 Å². The Kier molecular flexibility index (Phi) is 3.46. The number of hydrogen-bond acceptors (Lipinski definition) is 3. The summed E-state index contributed by atoms with van der Waals surface area (Å²) in [5, 5.41) is 3.87. The molecule has 0 aliphatic rings. The highest BCUT2D eigenvalue weighted by molar-refractivity contribution is 9.10. The Labute approximate surface area is 127 Å². The molecule has 2 aromatic heterocycles. The number of aromatic nitrogens is 1. The van der Waals surface area contributed by atoms with Gasteiger partial charge in [-0.1, -0.05) is 29.8 Å². The van der Waals surface area contributed by atoms with Crippen LogP contribution in [0.1, 0.15) is 10.4 Å². The number of carbonyl (C=O) groups excluding carboxylic acids is 1. The quantitative estimate of drug-likeness (QED) is 0.692. The zero-order valence-electron chi connectivity index (χ0n) is 10.1. The van der Waals surface area contributed by atoms with Crippen LogP contribution < -0.4 is 5.32 Å². The minimum absolute atomic E-state index is 0.258. The van der Waals surface area contributed by atoms with E-state index in [1.54, 1.807) is 6.07 Å². The molecule has 100 valence electrons. The number of anilines is 1. The molecule has 0 radical (unpaired) electrons. The molecule has 0 spiro atoms. The average molecular weight is 352 g/mol. The number of carbonyl (C=O) groups is 1. The first-order valence-corrected chi connectivity index (χ1v) is 6.91. The smallest absolute Gasteiger partial charge is 0.259 e.